The molecule has 0 amide bonds. The Kier molecular flexibility index (Phi) is 4.47. The van der Waals surface area contributed by atoms with Crippen molar-refractivity contribution in [1.29, 1.82) is 10.5 Å². The maximum atomic E-state index is 8.21. The van der Waals surface area contributed by atoms with Gasteiger partial charge in [-0.25, -0.2) is 0 Å². The van der Waals surface area contributed by atoms with Gasteiger partial charge in [0.2, 0.25) is 0 Å². The van der Waals surface area contributed by atoms with E-state index >= 15 is 0 Å². The van der Waals surface area contributed by atoms with Gasteiger partial charge >= 0.3 is 0 Å². The smallest absolute Gasteiger partial charge is 0.144 e. The molecular formula is C5H2ClIN2. The number of halogens is 2. The van der Waals surface area contributed by atoms with Gasteiger partial charge in [0, 0.05) is 4.43 Å². The highest BCUT2D eigenvalue weighted by Crippen LogP contribution is 2.10. The molecule has 0 unspecified atom stereocenters. The van der Waals surface area contributed by atoms with Crippen molar-refractivity contribution in [2.75, 3.05) is 4.43 Å². The molecule has 2 nitrogen and oxygen atoms in total. The van der Waals surface area contributed by atoms with E-state index in [2.05, 4.69) is 0 Å². The third-order valence-electron chi connectivity index (χ3n) is 0.612. The summed E-state index contributed by atoms with van der Waals surface area (Å²) in [6.45, 7) is 0. The predicted octanol–water partition coefficient (Wildman–Crippen LogP) is 1.96. The highest BCUT2D eigenvalue weighted by Gasteiger charge is 1.98. The zero-order chi connectivity index (χ0) is 7.28. The van der Waals surface area contributed by atoms with Gasteiger partial charge in [0.1, 0.15) is 17.7 Å². The van der Waals surface area contributed by atoms with Crippen LogP contribution in [0, 0.1) is 22.7 Å². The fraction of sp³-hybridized carbons (Fsp3) is 0.200. The van der Waals surface area contributed by atoms with Crippen molar-refractivity contribution >= 4 is 34.2 Å². The summed E-state index contributed by atoms with van der Waals surface area (Å²) in [6, 6.07) is 3.37. The van der Waals surface area contributed by atoms with Crippen molar-refractivity contribution in [3.63, 3.8) is 0 Å². The summed E-state index contributed by atoms with van der Waals surface area (Å²) in [4.78, 5) is 0. The van der Waals surface area contributed by atoms with E-state index in [0.29, 0.717) is 9.46 Å². The summed E-state index contributed by atoms with van der Waals surface area (Å²) < 4.78 is 0.510. The van der Waals surface area contributed by atoms with Gasteiger partial charge in [-0.2, -0.15) is 10.5 Å². The van der Waals surface area contributed by atoms with E-state index in [0.717, 1.165) is 0 Å². The van der Waals surface area contributed by atoms with Gasteiger partial charge in [-0.05, 0) is 0 Å². The quantitative estimate of drug-likeness (QED) is 0.407. The third kappa shape index (κ3) is 2.69. The van der Waals surface area contributed by atoms with Gasteiger partial charge in [0.05, 0.1) is 5.03 Å². The SMILES string of the molecule is N#CC(C#N)=C(Cl)CI. The number of rotatable bonds is 1. The Balaban J connectivity index is 4.49. The van der Waals surface area contributed by atoms with E-state index in [1.54, 1.807) is 12.1 Å². The van der Waals surface area contributed by atoms with Crippen LogP contribution in [0.4, 0.5) is 0 Å². The maximum absolute atomic E-state index is 8.21. The number of nitriles is 2. The van der Waals surface area contributed by atoms with E-state index in [9.17, 15) is 0 Å². The Labute approximate surface area is 71.9 Å². The zero-order valence-electron chi connectivity index (χ0n) is 4.36. The molecule has 0 saturated carbocycles. The molecule has 0 N–H and O–H groups in total. The van der Waals surface area contributed by atoms with Crippen LogP contribution in [-0.4, -0.2) is 4.43 Å². The molecule has 0 spiro atoms. The van der Waals surface area contributed by atoms with Gasteiger partial charge in [-0.3, -0.25) is 0 Å². The first kappa shape index (κ1) is 8.74. The summed E-state index contributed by atoms with van der Waals surface area (Å²) in [5, 5.41) is 16.7. The van der Waals surface area contributed by atoms with Crippen molar-refractivity contribution < 1.29 is 0 Å². The average molecular weight is 252 g/mol. The van der Waals surface area contributed by atoms with E-state index in [4.69, 9.17) is 22.1 Å². The molecule has 0 aliphatic carbocycles. The molecule has 0 aromatic heterocycles. The molecule has 0 bridgehead atoms. The maximum Gasteiger partial charge on any atom is 0.144 e. The molecule has 0 radical (unpaired) electrons. The molecule has 0 aromatic carbocycles. The van der Waals surface area contributed by atoms with Crippen LogP contribution < -0.4 is 0 Å². The first-order valence-electron chi connectivity index (χ1n) is 2.01. The molecule has 0 heterocycles. The minimum absolute atomic E-state index is 0.00562. The number of alkyl halides is 1. The number of hydrogen-bond acceptors (Lipinski definition) is 2. The average Bonchev–Trinajstić information content (AvgIpc) is 1.90. The van der Waals surface area contributed by atoms with Crippen LogP contribution >= 0.6 is 34.2 Å². The zero-order valence-corrected chi connectivity index (χ0v) is 7.27. The normalized spacial score (nSPS) is 7.11. The molecule has 46 valence electrons. The molecule has 0 atom stereocenters. The fourth-order valence-corrected chi connectivity index (χ4v) is 0.679. The highest BCUT2D eigenvalue weighted by atomic mass is 127. The number of hydrogen-bond donors (Lipinski definition) is 0. The van der Waals surface area contributed by atoms with Crippen molar-refractivity contribution in [3.05, 3.63) is 10.6 Å². The van der Waals surface area contributed by atoms with Crippen molar-refractivity contribution in [2.45, 2.75) is 0 Å². The summed E-state index contributed by atoms with van der Waals surface area (Å²) in [5.41, 5.74) is 0.00562. The second-order valence-corrected chi connectivity index (χ2v) is 2.36. The molecule has 4 heteroatoms. The Bertz CT molecular complexity index is 192. The van der Waals surface area contributed by atoms with Crippen LogP contribution in [0.1, 0.15) is 0 Å². The van der Waals surface area contributed by atoms with Crippen LogP contribution in [0.25, 0.3) is 0 Å². The first-order valence-corrected chi connectivity index (χ1v) is 3.91. The molecule has 9 heavy (non-hydrogen) atoms. The highest BCUT2D eigenvalue weighted by molar-refractivity contribution is 14.1. The Morgan fingerprint density at radius 2 is 1.89 bits per heavy atom. The van der Waals surface area contributed by atoms with E-state index in [1.807, 2.05) is 22.6 Å². The molecular weight excluding hydrogens is 250 g/mol. The lowest BCUT2D eigenvalue weighted by molar-refractivity contribution is 1.44. The first-order chi connectivity index (χ1) is 4.26. The van der Waals surface area contributed by atoms with Gasteiger partial charge in [-0.1, -0.05) is 34.2 Å². The van der Waals surface area contributed by atoms with Crippen LogP contribution in [0.5, 0.6) is 0 Å². The third-order valence-corrected chi connectivity index (χ3v) is 2.15. The lowest BCUT2D eigenvalue weighted by atomic mass is 10.3. The second kappa shape index (κ2) is 4.60. The monoisotopic (exact) mass is 252 g/mol. The molecule has 0 aliphatic heterocycles. The second-order valence-electron chi connectivity index (χ2n) is 1.14. The predicted molar refractivity (Wildman–Crippen MR) is 43.0 cm³/mol. The molecule has 0 fully saturated rings. The molecule has 0 rings (SSSR count). The number of allylic oxidation sites excluding steroid dienone is 2. The Morgan fingerprint density at radius 1 is 1.44 bits per heavy atom. The summed E-state index contributed by atoms with van der Waals surface area (Å²) in [7, 11) is 0. The number of nitrogens with zero attached hydrogens (tertiary/aromatic N) is 2. The van der Waals surface area contributed by atoms with Crippen LogP contribution in [0.3, 0.4) is 0 Å². The van der Waals surface area contributed by atoms with Gasteiger partial charge < -0.3 is 0 Å². The van der Waals surface area contributed by atoms with E-state index < -0.39 is 0 Å². The standard InChI is InChI=1S/C5H2ClIN2/c6-5(1-7)4(2-8)3-9/h1H2. The van der Waals surface area contributed by atoms with Crippen LogP contribution in [0.15, 0.2) is 10.6 Å². The van der Waals surface area contributed by atoms with Gasteiger partial charge in [-0.15, -0.1) is 0 Å². The topological polar surface area (TPSA) is 47.6 Å². The fourth-order valence-electron chi connectivity index (χ4n) is 0.213. The van der Waals surface area contributed by atoms with E-state index in [-0.39, 0.29) is 5.57 Å². The van der Waals surface area contributed by atoms with Crippen LogP contribution in [0.2, 0.25) is 0 Å². The summed E-state index contributed by atoms with van der Waals surface area (Å²) >= 11 is 7.44. The van der Waals surface area contributed by atoms with Crippen molar-refractivity contribution in [1.82, 2.24) is 0 Å². The van der Waals surface area contributed by atoms with Crippen LogP contribution in [-0.2, 0) is 0 Å². The lowest BCUT2D eigenvalue weighted by Gasteiger charge is -1.85. The summed E-state index contributed by atoms with van der Waals surface area (Å²) in [5.74, 6) is 0. The minimum Gasteiger partial charge on any atom is -0.192 e. The molecule has 0 saturated heterocycles. The summed E-state index contributed by atoms with van der Waals surface area (Å²) in [6.07, 6.45) is 0. The van der Waals surface area contributed by atoms with Crippen molar-refractivity contribution in [2.24, 2.45) is 0 Å². The van der Waals surface area contributed by atoms with Gasteiger partial charge in [0.15, 0.2) is 0 Å². The van der Waals surface area contributed by atoms with Gasteiger partial charge in [0.25, 0.3) is 0 Å². The molecule has 0 aliphatic rings. The van der Waals surface area contributed by atoms with E-state index in [1.165, 1.54) is 0 Å². The lowest BCUT2D eigenvalue weighted by Crippen LogP contribution is -1.79. The molecule has 0 aromatic rings. The Hall–Kier alpha value is -0.260. The minimum atomic E-state index is 0.00562. The Morgan fingerprint density at radius 3 is 2.00 bits per heavy atom. The largest absolute Gasteiger partial charge is 0.192 e. The van der Waals surface area contributed by atoms with Crippen molar-refractivity contribution in [3.8, 4) is 12.1 Å².